The van der Waals surface area contributed by atoms with E-state index < -0.39 is 28.8 Å². The van der Waals surface area contributed by atoms with E-state index in [4.69, 9.17) is 11.6 Å². The average molecular weight is 370 g/mol. The summed E-state index contributed by atoms with van der Waals surface area (Å²) in [6, 6.07) is 4.47. The van der Waals surface area contributed by atoms with Crippen molar-refractivity contribution in [3.63, 3.8) is 0 Å². The highest BCUT2D eigenvalue weighted by atomic mass is 35.5. The second-order valence-electron chi connectivity index (χ2n) is 6.18. The standard InChI is InChI=1S/C15H16ClN3O4S/c1-15(2)10(13(21)22)19-11(20)9(12(19)24-15)18-14(23)17-8-5-3-4-7(16)6-8/h3-6,9-10,12H,1-2H3,(H,21,22)(H2,17,18,23)/t9-,10+,12+/m0/s1. The predicted octanol–water partition coefficient (Wildman–Crippen LogP) is 1.98. The Kier molecular flexibility index (Phi) is 4.13. The highest BCUT2D eigenvalue weighted by molar-refractivity contribution is 8.01. The van der Waals surface area contributed by atoms with Crippen LogP contribution >= 0.6 is 23.4 Å². The Morgan fingerprint density at radius 3 is 2.71 bits per heavy atom. The van der Waals surface area contributed by atoms with Crippen molar-refractivity contribution >= 4 is 47.0 Å². The molecule has 9 heteroatoms. The number of rotatable bonds is 3. The van der Waals surface area contributed by atoms with Crippen LogP contribution in [0.5, 0.6) is 0 Å². The molecular weight excluding hydrogens is 354 g/mol. The number of fused-ring (bicyclic) bond motifs is 1. The molecule has 7 nitrogen and oxygen atoms in total. The maximum absolute atomic E-state index is 12.3. The molecule has 0 saturated carbocycles. The second-order valence-corrected chi connectivity index (χ2v) is 8.39. The molecule has 3 N–H and O–H groups in total. The lowest BCUT2D eigenvalue weighted by atomic mass is 9.96. The number of nitrogens with zero attached hydrogens (tertiary/aromatic N) is 1. The quantitative estimate of drug-likeness (QED) is 0.707. The van der Waals surface area contributed by atoms with Crippen LogP contribution in [-0.2, 0) is 9.59 Å². The zero-order valence-corrected chi connectivity index (χ0v) is 14.5. The molecule has 0 radical (unpaired) electrons. The summed E-state index contributed by atoms with van der Waals surface area (Å²) in [4.78, 5) is 37.1. The molecule has 2 heterocycles. The van der Waals surface area contributed by atoms with Crippen LogP contribution < -0.4 is 10.6 Å². The van der Waals surface area contributed by atoms with E-state index in [1.54, 1.807) is 38.1 Å². The van der Waals surface area contributed by atoms with Crippen LogP contribution in [0.3, 0.4) is 0 Å². The van der Waals surface area contributed by atoms with Crippen LogP contribution in [0.25, 0.3) is 0 Å². The molecule has 3 rings (SSSR count). The molecule has 128 valence electrons. The zero-order chi connectivity index (χ0) is 17.6. The first kappa shape index (κ1) is 16.9. The van der Waals surface area contributed by atoms with Crippen molar-refractivity contribution < 1.29 is 19.5 Å². The van der Waals surface area contributed by atoms with E-state index in [1.807, 2.05) is 0 Å². The average Bonchev–Trinajstić information content (AvgIpc) is 2.73. The lowest BCUT2D eigenvalue weighted by Crippen LogP contribution is -2.70. The Morgan fingerprint density at radius 2 is 2.08 bits per heavy atom. The van der Waals surface area contributed by atoms with Gasteiger partial charge in [-0.25, -0.2) is 9.59 Å². The maximum Gasteiger partial charge on any atom is 0.327 e. The largest absolute Gasteiger partial charge is 0.480 e. The second kappa shape index (κ2) is 5.86. The summed E-state index contributed by atoms with van der Waals surface area (Å²) in [5.74, 6) is -1.42. The molecular formula is C15H16ClN3O4S. The van der Waals surface area contributed by atoms with Crippen LogP contribution in [0.1, 0.15) is 13.8 Å². The van der Waals surface area contributed by atoms with Crippen LogP contribution in [0.2, 0.25) is 5.02 Å². The molecule has 0 unspecified atom stereocenters. The Morgan fingerprint density at radius 1 is 1.38 bits per heavy atom. The first-order chi connectivity index (χ1) is 11.2. The van der Waals surface area contributed by atoms with E-state index in [0.29, 0.717) is 10.7 Å². The fourth-order valence-electron chi connectivity index (χ4n) is 3.02. The molecule has 0 aliphatic carbocycles. The number of β-lactam (4-membered cyclic amide) rings is 1. The third kappa shape index (κ3) is 2.80. The first-order valence-electron chi connectivity index (χ1n) is 7.26. The molecule has 3 atom stereocenters. The van der Waals surface area contributed by atoms with Crippen molar-refractivity contribution in [2.75, 3.05) is 5.32 Å². The highest BCUT2D eigenvalue weighted by Gasteiger charge is 2.64. The molecule has 24 heavy (non-hydrogen) atoms. The summed E-state index contributed by atoms with van der Waals surface area (Å²) in [5.41, 5.74) is 0.506. The number of benzene rings is 1. The van der Waals surface area contributed by atoms with E-state index in [1.165, 1.54) is 16.7 Å². The third-order valence-electron chi connectivity index (χ3n) is 4.04. The van der Waals surface area contributed by atoms with E-state index >= 15 is 0 Å². The van der Waals surface area contributed by atoms with Gasteiger partial charge in [0.15, 0.2) is 0 Å². The summed E-state index contributed by atoms with van der Waals surface area (Å²) in [5, 5.41) is 14.7. The molecule has 2 saturated heterocycles. The lowest BCUT2D eigenvalue weighted by Gasteiger charge is -2.43. The number of carboxylic acids is 1. The maximum atomic E-state index is 12.3. The molecule has 2 aliphatic rings. The zero-order valence-electron chi connectivity index (χ0n) is 12.9. The molecule has 1 aromatic carbocycles. The topological polar surface area (TPSA) is 98.7 Å². The summed E-state index contributed by atoms with van der Waals surface area (Å²) in [6.45, 7) is 3.57. The van der Waals surface area contributed by atoms with Gasteiger partial charge >= 0.3 is 12.0 Å². The van der Waals surface area contributed by atoms with Gasteiger partial charge in [-0.2, -0.15) is 0 Å². The molecule has 0 bridgehead atoms. The molecule has 1 aromatic rings. The van der Waals surface area contributed by atoms with Gasteiger partial charge in [0.25, 0.3) is 0 Å². The smallest absolute Gasteiger partial charge is 0.327 e. The fraction of sp³-hybridized carbons (Fsp3) is 0.400. The molecule has 2 aliphatic heterocycles. The minimum Gasteiger partial charge on any atom is -0.480 e. The number of hydrogen-bond donors (Lipinski definition) is 3. The Labute approximate surface area is 147 Å². The van der Waals surface area contributed by atoms with Gasteiger partial charge in [0, 0.05) is 15.5 Å². The molecule has 0 aromatic heterocycles. The number of halogens is 1. The van der Waals surface area contributed by atoms with Crippen LogP contribution in [0, 0.1) is 0 Å². The summed E-state index contributed by atoms with van der Waals surface area (Å²) < 4.78 is -0.619. The molecule has 0 spiro atoms. The normalized spacial score (nSPS) is 27.2. The van der Waals surface area contributed by atoms with Gasteiger partial charge < -0.3 is 20.6 Å². The van der Waals surface area contributed by atoms with Crippen molar-refractivity contribution in [3.8, 4) is 0 Å². The molecule has 2 fully saturated rings. The predicted molar refractivity (Wildman–Crippen MR) is 91.1 cm³/mol. The number of carbonyl (C=O) groups is 3. The minimum absolute atomic E-state index is 0.376. The summed E-state index contributed by atoms with van der Waals surface area (Å²) >= 11 is 7.23. The number of urea groups is 1. The third-order valence-corrected chi connectivity index (χ3v) is 5.85. The number of carbonyl (C=O) groups excluding carboxylic acids is 2. The van der Waals surface area contributed by atoms with Gasteiger partial charge in [-0.1, -0.05) is 17.7 Å². The first-order valence-corrected chi connectivity index (χ1v) is 8.52. The number of hydrogen-bond acceptors (Lipinski definition) is 4. The molecule has 3 amide bonds. The highest BCUT2D eigenvalue weighted by Crippen LogP contribution is 2.50. The van der Waals surface area contributed by atoms with Crippen molar-refractivity contribution in [3.05, 3.63) is 29.3 Å². The van der Waals surface area contributed by atoms with Gasteiger partial charge in [-0.3, -0.25) is 4.79 Å². The fourth-order valence-corrected chi connectivity index (χ4v) is 4.84. The van der Waals surface area contributed by atoms with Gasteiger partial charge in [0.05, 0.1) is 0 Å². The van der Waals surface area contributed by atoms with Crippen LogP contribution in [0.15, 0.2) is 24.3 Å². The van der Waals surface area contributed by atoms with Gasteiger partial charge in [-0.15, -0.1) is 11.8 Å². The van der Waals surface area contributed by atoms with Crippen molar-refractivity contribution in [2.45, 2.75) is 36.1 Å². The number of thioether (sulfide) groups is 1. The monoisotopic (exact) mass is 369 g/mol. The van der Waals surface area contributed by atoms with Crippen LogP contribution in [0.4, 0.5) is 10.5 Å². The Hall–Kier alpha value is -1.93. The number of aliphatic carboxylic acids is 1. The van der Waals surface area contributed by atoms with Gasteiger partial charge in [0.1, 0.15) is 17.5 Å². The van der Waals surface area contributed by atoms with E-state index in [0.717, 1.165) is 0 Å². The Balaban J connectivity index is 1.67. The minimum atomic E-state index is -1.04. The van der Waals surface area contributed by atoms with E-state index in [9.17, 15) is 19.5 Å². The van der Waals surface area contributed by atoms with Gasteiger partial charge in [-0.05, 0) is 32.0 Å². The number of amides is 3. The summed E-state index contributed by atoms with van der Waals surface area (Å²) in [7, 11) is 0. The summed E-state index contributed by atoms with van der Waals surface area (Å²) in [6.07, 6.45) is 0. The van der Waals surface area contributed by atoms with Crippen molar-refractivity contribution in [1.29, 1.82) is 0 Å². The van der Waals surface area contributed by atoms with Crippen molar-refractivity contribution in [1.82, 2.24) is 10.2 Å². The lowest BCUT2D eigenvalue weighted by molar-refractivity contribution is -0.159. The van der Waals surface area contributed by atoms with Crippen molar-refractivity contribution in [2.24, 2.45) is 0 Å². The van der Waals surface area contributed by atoms with E-state index in [2.05, 4.69) is 10.6 Å². The number of carboxylic acid groups (broad SMARTS) is 1. The van der Waals surface area contributed by atoms with E-state index in [-0.39, 0.29) is 11.3 Å². The Bertz CT molecular complexity index is 726. The number of nitrogens with one attached hydrogen (secondary N) is 2. The van der Waals surface area contributed by atoms with Gasteiger partial charge in [0.2, 0.25) is 5.91 Å². The SMILES string of the molecule is CC1(C)S[C@@H]2[C@@H](NC(=O)Nc3cccc(Cl)c3)C(=O)N2[C@@H]1C(=O)O. The number of anilines is 1. The van der Waals surface area contributed by atoms with Crippen LogP contribution in [-0.4, -0.2) is 50.1 Å².